The van der Waals surface area contributed by atoms with Crippen molar-refractivity contribution in [3.05, 3.63) is 52.5 Å². The monoisotopic (exact) mass is 453 g/mol. The molecule has 3 rings (SSSR count). The van der Waals surface area contributed by atoms with Gasteiger partial charge in [0, 0.05) is 18.1 Å². The maximum atomic E-state index is 13.1. The molecule has 0 fully saturated rings. The molecule has 0 spiro atoms. The Morgan fingerprint density at radius 3 is 2.48 bits per heavy atom. The molecule has 8 heteroatoms. The first-order valence-corrected chi connectivity index (χ1v) is 10.2. The van der Waals surface area contributed by atoms with Crippen molar-refractivity contribution in [2.45, 2.75) is 13.3 Å². The van der Waals surface area contributed by atoms with Gasteiger partial charge >= 0.3 is 0 Å². The van der Waals surface area contributed by atoms with E-state index < -0.39 is 0 Å². The molecule has 3 aromatic rings. The van der Waals surface area contributed by atoms with Crippen LogP contribution in [0.5, 0.6) is 5.75 Å². The SMILES string of the molecule is COc1ccc(CC(=O)N(CCN(C)C)c2nc3c(C)cc(Cl)cc3s2)cc1.Cl. The van der Waals surface area contributed by atoms with Gasteiger partial charge in [-0.15, -0.1) is 12.4 Å². The summed E-state index contributed by atoms with van der Waals surface area (Å²) in [7, 11) is 5.62. The molecule has 1 amide bonds. The fourth-order valence-electron chi connectivity index (χ4n) is 2.90. The predicted octanol–water partition coefficient (Wildman–Crippen LogP) is 4.83. The minimum Gasteiger partial charge on any atom is -0.497 e. The number of amides is 1. The smallest absolute Gasteiger partial charge is 0.233 e. The number of hydrogen-bond acceptors (Lipinski definition) is 5. The lowest BCUT2D eigenvalue weighted by molar-refractivity contribution is -0.118. The van der Waals surface area contributed by atoms with Crippen molar-refractivity contribution in [3.8, 4) is 5.75 Å². The topological polar surface area (TPSA) is 45.7 Å². The summed E-state index contributed by atoms with van der Waals surface area (Å²) in [6, 6.07) is 11.4. The third kappa shape index (κ3) is 5.82. The molecule has 0 aliphatic carbocycles. The van der Waals surface area contributed by atoms with Crippen molar-refractivity contribution in [3.63, 3.8) is 0 Å². The first kappa shape index (κ1) is 23.4. The average Bonchev–Trinajstić information content (AvgIpc) is 3.06. The normalized spacial score (nSPS) is 10.8. The van der Waals surface area contributed by atoms with E-state index >= 15 is 0 Å². The van der Waals surface area contributed by atoms with Gasteiger partial charge in [-0.1, -0.05) is 35.1 Å². The Morgan fingerprint density at radius 2 is 1.86 bits per heavy atom. The number of aromatic nitrogens is 1. The number of thiazole rings is 1. The fourth-order valence-corrected chi connectivity index (χ4v) is 4.36. The van der Waals surface area contributed by atoms with E-state index in [2.05, 4.69) is 4.90 Å². The molecular formula is C21H25Cl2N3O2S. The minimum atomic E-state index is 0. The molecule has 0 aliphatic heterocycles. The number of ether oxygens (including phenoxy) is 1. The largest absolute Gasteiger partial charge is 0.497 e. The summed E-state index contributed by atoms with van der Waals surface area (Å²) < 4.78 is 6.18. The van der Waals surface area contributed by atoms with Crippen LogP contribution in [-0.4, -0.2) is 50.1 Å². The molecule has 156 valence electrons. The van der Waals surface area contributed by atoms with Crippen LogP contribution in [0, 0.1) is 6.92 Å². The molecule has 0 atom stereocenters. The van der Waals surface area contributed by atoms with E-state index in [-0.39, 0.29) is 18.3 Å². The van der Waals surface area contributed by atoms with Crippen LogP contribution in [0.3, 0.4) is 0 Å². The quantitative estimate of drug-likeness (QED) is 0.513. The van der Waals surface area contributed by atoms with E-state index in [9.17, 15) is 4.79 Å². The number of fused-ring (bicyclic) bond motifs is 1. The second kappa shape index (κ2) is 10.3. The summed E-state index contributed by atoms with van der Waals surface area (Å²) in [6.45, 7) is 3.32. The lowest BCUT2D eigenvalue weighted by Crippen LogP contribution is -2.37. The molecule has 0 saturated carbocycles. The van der Waals surface area contributed by atoms with Crippen molar-refractivity contribution in [2.75, 3.05) is 39.2 Å². The van der Waals surface area contributed by atoms with Crippen LogP contribution in [-0.2, 0) is 11.2 Å². The van der Waals surface area contributed by atoms with Crippen LogP contribution in [0.25, 0.3) is 10.2 Å². The Morgan fingerprint density at radius 1 is 1.17 bits per heavy atom. The van der Waals surface area contributed by atoms with Crippen molar-refractivity contribution in [2.24, 2.45) is 0 Å². The van der Waals surface area contributed by atoms with E-state index in [4.69, 9.17) is 21.3 Å². The number of methoxy groups -OCH3 is 1. The standard InChI is InChI=1S/C21H24ClN3O2S.ClH/c1-14-11-16(22)13-18-20(14)23-21(28-18)25(10-9-24(2)3)19(26)12-15-5-7-17(27-4)8-6-15;/h5-8,11,13H,9-10,12H2,1-4H3;1H. The molecule has 0 radical (unpaired) electrons. The third-order valence-corrected chi connectivity index (χ3v) is 5.70. The second-order valence-electron chi connectivity index (χ2n) is 6.94. The van der Waals surface area contributed by atoms with Gasteiger partial charge in [-0.3, -0.25) is 9.69 Å². The van der Waals surface area contributed by atoms with Crippen LogP contribution < -0.4 is 9.64 Å². The van der Waals surface area contributed by atoms with Crippen LogP contribution in [0.15, 0.2) is 36.4 Å². The first-order chi connectivity index (χ1) is 13.4. The van der Waals surface area contributed by atoms with Gasteiger partial charge in [-0.2, -0.15) is 0 Å². The molecule has 0 aliphatic rings. The highest BCUT2D eigenvalue weighted by Gasteiger charge is 2.21. The number of carbonyl (C=O) groups is 1. The van der Waals surface area contributed by atoms with Gasteiger partial charge in [0.25, 0.3) is 0 Å². The van der Waals surface area contributed by atoms with Crippen molar-refractivity contribution >= 4 is 56.6 Å². The molecule has 0 N–H and O–H groups in total. The van der Waals surface area contributed by atoms with Crippen molar-refractivity contribution < 1.29 is 9.53 Å². The lowest BCUT2D eigenvalue weighted by atomic mass is 10.1. The summed E-state index contributed by atoms with van der Waals surface area (Å²) in [5.41, 5.74) is 2.86. The van der Waals surface area contributed by atoms with Gasteiger partial charge in [0.1, 0.15) is 5.75 Å². The maximum Gasteiger partial charge on any atom is 0.233 e. The predicted molar refractivity (Wildman–Crippen MR) is 124 cm³/mol. The lowest BCUT2D eigenvalue weighted by Gasteiger charge is -2.22. The second-order valence-corrected chi connectivity index (χ2v) is 8.38. The van der Waals surface area contributed by atoms with E-state index in [0.29, 0.717) is 23.1 Å². The highest BCUT2D eigenvalue weighted by atomic mass is 35.5. The van der Waals surface area contributed by atoms with Crippen LogP contribution in [0.2, 0.25) is 5.02 Å². The number of anilines is 1. The van der Waals surface area contributed by atoms with Crippen LogP contribution >= 0.6 is 35.3 Å². The Kier molecular flexibility index (Phi) is 8.28. The summed E-state index contributed by atoms with van der Waals surface area (Å²) in [5, 5.41) is 1.39. The Labute approximate surface area is 186 Å². The molecule has 0 saturated heterocycles. The zero-order chi connectivity index (χ0) is 20.3. The Balaban J connectivity index is 0.00000300. The Bertz CT molecular complexity index is 974. The Hall–Kier alpha value is -1.86. The molecule has 0 unspecified atom stereocenters. The highest BCUT2D eigenvalue weighted by molar-refractivity contribution is 7.22. The van der Waals surface area contributed by atoms with Crippen molar-refractivity contribution in [1.29, 1.82) is 0 Å². The first-order valence-electron chi connectivity index (χ1n) is 9.02. The molecule has 5 nitrogen and oxygen atoms in total. The van der Waals surface area contributed by atoms with Gasteiger partial charge in [-0.05, 0) is 56.4 Å². The van der Waals surface area contributed by atoms with Gasteiger partial charge in [0.15, 0.2) is 5.13 Å². The van der Waals surface area contributed by atoms with Crippen molar-refractivity contribution in [1.82, 2.24) is 9.88 Å². The summed E-state index contributed by atoms with van der Waals surface area (Å²) >= 11 is 7.69. The molecule has 1 aromatic heterocycles. The number of halogens is 2. The number of aryl methyl sites for hydroxylation is 1. The third-order valence-electron chi connectivity index (χ3n) is 4.46. The fraction of sp³-hybridized carbons (Fsp3) is 0.333. The van der Waals surface area contributed by atoms with Crippen LogP contribution in [0.1, 0.15) is 11.1 Å². The zero-order valence-electron chi connectivity index (χ0n) is 16.9. The van der Waals surface area contributed by atoms with Gasteiger partial charge in [-0.25, -0.2) is 4.98 Å². The summed E-state index contributed by atoms with van der Waals surface area (Å²) in [6.07, 6.45) is 0.313. The zero-order valence-corrected chi connectivity index (χ0v) is 19.3. The number of carbonyl (C=O) groups excluding carboxylic acids is 1. The number of rotatable bonds is 7. The van der Waals surface area contributed by atoms with E-state index in [1.54, 1.807) is 12.0 Å². The van der Waals surface area contributed by atoms with Gasteiger partial charge in [0.05, 0.1) is 23.7 Å². The van der Waals surface area contributed by atoms with E-state index in [1.165, 1.54) is 11.3 Å². The average molecular weight is 454 g/mol. The highest BCUT2D eigenvalue weighted by Crippen LogP contribution is 2.33. The summed E-state index contributed by atoms with van der Waals surface area (Å²) in [5.74, 6) is 0.800. The number of likely N-dealkylation sites (N-methyl/N-ethyl adjacent to an activating group) is 1. The molecule has 1 heterocycles. The number of hydrogen-bond donors (Lipinski definition) is 0. The van der Waals surface area contributed by atoms with E-state index in [0.717, 1.165) is 33.6 Å². The molecule has 0 bridgehead atoms. The maximum absolute atomic E-state index is 13.1. The minimum absolute atomic E-state index is 0. The van der Waals surface area contributed by atoms with Crippen LogP contribution in [0.4, 0.5) is 5.13 Å². The molecule has 29 heavy (non-hydrogen) atoms. The van der Waals surface area contributed by atoms with Gasteiger partial charge in [0.2, 0.25) is 5.91 Å². The summed E-state index contributed by atoms with van der Waals surface area (Å²) in [4.78, 5) is 21.7. The molecule has 2 aromatic carbocycles. The number of benzene rings is 2. The molecular weight excluding hydrogens is 429 g/mol. The van der Waals surface area contributed by atoms with E-state index in [1.807, 2.05) is 57.4 Å². The van der Waals surface area contributed by atoms with Gasteiger partial charge < -0.3 is 9.64 Å². The number of nitrogens with zero attached hydrogens (tertiary/aromatic N) is 3.